The Labute approximate surface area is 170 Å². The first kappa shape index (κ1) is 18.9. The first-order chi connectivity index (χ1) is 14.1. The highest BCUT2D eigenvalue weighted by atomic mass is 16.1. The van der Waals surface area contributed by atoms with Gasteiger partial charge in [0.2, 0.25) is 0 Å². The average Bonchev–Trinajstić information content (AvgIpc) is 2.75. The smallest absolute Gasteiger partial charge is 0.278 e. The molecule has 0 bridgehead atoms. The van der Waals surface area contributed by atoms with Crippen LogP contribution in [0.5, 0.6) is 0 Å². The molecular formula is C22H24N6O. The summed E-state index contributed by atoms with van der Waals surface area (Å²) >= 11 is 0. The number of rotatable bonds is 4. The lowest BCUT2D eigenvalue weighted by molar-refractivity contribution is 0.102. The van der Waals surface area contributed by atoms with E-state index in [1.54, 1.807) is 6.20 Å². The number of aromatic nitrogens is 2. The van der Waals surface area contributed by atoms with Crippen LogP contribution in [0.3, 0.4) is 0 Å². The van der Waals surface area contributed by atoms with E-state index in [9.17, 15) is 4.79 Å². The summed E-state index contributed by atoms with van der Waals surface area (Å²) in [5.41, 5.74) is 10.4. The molecule has 2 aromatic carbocycles. The summed E-state index contributed by atoms with van der Waals surface area (Å²) in [6.45, 7) is 5.61. The maximum absolute atomic E-state index is 13.0. The molecule has 3 aromatic rings. The number of piperazine rings is 1. The van der Waals surface area contributed by atoms with Gasteiger partial charge < -0.3 is 21.3 Å². The first-order valence-corrected chi connectivity index (χ1v) is 9.67. The van der Waals surface area contributed by atoms with E-state index < -0.39 is 0 Å². The standard InChI is InChI=1S/C22H24N6O/c1-15-5-4-6-16(13-15)18-14-25-21(23)20(26-18)22(29)27-17-7-2-3-8-19(17)28-11-9-24-10-12-28/h2-8,13-14,24H,9-12H2,1H3,(H2,23,25)(H,27,29). The van der Waals surface area contributed by atoms with Crippen molar-refractivity contribution in [2.45, 2.75) is 6.92 Å². The number of anilines is 3. The highest BCUT2D eigenvalue weighted by Gasteiger charge is 2.19. The second-order valence-corrected chi connectivity index (χ2v) is 7.07. The van der Waals surface area contributed by atoms with Gasteiger partial charge in [0.05, 0.1) is 23.3 Å². The molecule has 1 aliphatic heterocycles. The Balaban J connectivity index is 1.62. The van der Waals surface area contributed by atoms with Crippen LogP contribution in [0.4, 0.5) is 17.2 Å². The zero-order chi connectivity index (χ0) is 20.2. The number of benzene rings is 2. The van der Waals surface area contributed by atoms with Gasteiger partial charge >= 0.3 is 0 Å². The predicted octanol–water partition coefficient (Wildman–Crippen LogP) is 2.70. The van der Waals surface area contributed by atoms with Gasteiger partial charge in [0, 0.05) is 31.7 Å². The van der Waals surface area contributed by atoms with Crippen LogP contribution in [0.15, 0.2) is 54.7 Å². The number of nitrogen functional groups attached to an aromatic ring is 1. The Morgan fingerprint density at radius 1 is 1.14 bits per heavy atom. The quantitative estimate of drug-likeness (QED) is 0.636. The summed E-state index contributed by atoms with van der Waals surface area (Å²) in [6, 6.07) is 15.7. The van der Waals surface area contributed by atoms with Crippen molar-refractivity contribution in [2.24, 2.45) is 0 Å². The summed E-state index contributed by atoms with van der Waals surface area (Å²) in [7, 11) is 0. The van der Waals surface area contributed by atoms with Crippen molar-refractivity contribution in [3.63, 3.8) is 0 Å². The molecular weight excluding hydrogens is 364 g/mol. The topological polar surface area (TPSA) is 96.2 Å². The Kier molecular flexibility index (Phi) is 5.39. The van der Waals surface area contributed by atoms with E-state index in [4.69, 9.17) is 5.73 Å². The number of hydrogen-bond acceptors (Lipinski definition) is 6. The Bertz CT molecular complexity index is 1030. The van der Waals surface area contributed by atoms with Gasteiger partial charge in [0.25, 0.3) is 5.91 Å². The molecule has 29 heavy (non-hydrogen) atoms. The minimum Gasteiger partial charge on any atom is -0.382 e. The summed E-state index contributed by atoms with van der Waals surface area (Å²) in [4.78, 5) is 23.9. The number of nitrogens with one attached hydrogen (secondary N) is 2. The number of nitrogens with two attached hydrogens (primary N) is 1. The van der Waals surface area contributed by atoms with Crippen LogP contribution < -0.4 is 21.3 Å². The minimum atomic E-state index is -0.368. The summed E-state index contributed by atoms with van der Waals surface area (Å²) in [5.74, 6) is -0.259. The van der Waals surface area contributed by atoms with Gasteiger partial charge in [-0.05, 0) is 25.1 Å². The molecule has 0 atom stereocenters. The average molecular weight is 388 g/mol. The monoisotopic (exact) mass is 388 g/mol. The highest BCUT2D eigenvalue weighted by Crippen LogP contribution is 2.27. The van der Waals surface area contributed by atoms with Gasteiger partial charge in [0.15, 0.2) is 11.5 Å². The molecule has 0 spiro atoms. The van der Waals surface area contributed by atoms with E-state index in [-0.39, 0.29) is 17.4 Å². The number of carbonyl (C=O) groups is 1. The van der Waals surface area contributed by atoms with Gasteiger partial charge in [-0.2, -0.15) is 0 Å². The predicted molar refractivity (Wildman–Crippen MR) is 116 cm³/mol. The van der Waals surface area contributed by atoms with Crippen LogP contribution in [-0.2, 0) is 0 Å². The van der Waals surface area contributed by atoms with Crippen LogP contribution >= 0.6 is 0 Å². The van der Waals surface area contributed by atoms with E-state index in [1.165, 1.54) is 0 Å². The summed E-state index contributed by atoms with van der Waals surface area (Å²) < 4.78 is 0. The first-order valence-electron chi connectivity index (χ1n) is 9.67. The van der Waals surface area contributed by atoms with E-state index in [2.05, 4.69) is 25.5 Å². The van der Waals surface area contributed by atoms with Crippen molar-refractivity contribution in [3.05, 3.63) is 66.0 Å². The largest absolute Gasteiger partial charge is 0.382 e. The second kappa shape index (κ2) is 8.28. The van der Waals surface area contributed by atoms with Crippen molar-refractivity contribution in [3.8, 4) is 11.3 Å². The zero-order valence-corrected chi connectivity index (χ0v) is 16.4. The van der Waals surface area contributed by atoms with E-state index in [0.717, 1.165) is 48.7 Å². The molecule has 2 heterocycles. The number of hydrogen-bond donors (Lipinski definition) is 3. The molecule has 148 valence electrons. The number of amides is 1. The molecule has 1 aliphatic rings. The van der Waals surface area contributed by atoms with Crippen molar-refractivity contribution in [1.82, 2.24) is 15.3 Å². The van der Waals surface area contributed by atoms with Gasteiger partial charge in [-0.25, -0.2) is 9.97 Å². The van der Waals surface area contributed by atoms with Crippen LogP contribution in [0, 0.1) is 6.92 Å². The molecule has 0 unspecified atom stereocenters. The molecule has 4 N–H and O–H groups in total. The molecule has 1 fully saturated rings. The molecule has 1 saturated heterocycles. The van der Waals surface area contributed by atoms with Gasteiger partial charge in [-0.1, -0.05) is 35.9 Å². The third-order valence-electron chi connectivity index (χ3n) is 4.94. The van der Waals surface area contributed by atoms with Crippen LogP contribution in [0.25, 0.3) is 11.3 Å². The fourth-order valence-corrected chi connectivity index (χ4v) is 3.45. The molecule has 1 aromatic heterocycles. The van der Waals surface area contributed by atoms with Crippen molar-refractivity contribution < 1.29 is 4.79 Å². The lowest BCUT2D eigenvalue weighted by Crippen LogP contribution is -2.43. The lowest BCUT2D eigenvalue weighted by atomic mass is 10.1. The van der Waals surface area contributed by atoms with Gasteiger partial charge in [0.1, 0.15) is 0 Å². The van der Waals surface area contributed by atoms with E-state index >= 15 is 0 Å². The molecule has 0 aliphatic carbocycles. The zero-order valence-electron chi connectivity index (χ0n) is 16.4. The molecule has 4 rings (SSSR count). The molecule has 1 amide bonds. The van der Waals surface area contributed by atoms with Gasteiger partial charge in [-0.3, -0.25) is 4.79 Å². The third-order valence-corrected chi connectivity index (χ3v) is 4.94. The van der Waals surface area contributed by atoms with Gasteiger partial charge in [-0.15, -0.1) is 0 Å². The lowest BCUT2D eigenvalue weighted by Gasteiger charge is -2.31. The van der Waals surface area contributed by atoms with E-state index in [1.807, 2.05) is 55.5 Å². The van der Waals surface area contributed by atoms with Crippen LogP contribution in [0.1, 0.15) is 16.1 Å². The van der Waals surface area contributed by atoms with Crippen molar-refractivity contribution in [1.29, 1.82) is 0 Å². The molecule has 0 radical (unpaired) electrons. The maximum atomic E-state index is 13.0. The number of aryl methyl sites for hydroxylation is 1. The number of carbonyl (C=O) groups excluding carboxylic acids is 1. The number of nitrogens with zero attached hydrogens (tertiary/aromatic N) is 3. The minimum absolute atomic E-state index is 0.110. The van der Waals surface area contributed by atoms with E-state index in [0.29, 0.717) is 5.69 Å². The van der Waals surface area contributed by atoms with Crippen molar-refractivity contribution in [2.75, 3.05) is 42.1 Å². The van der Waals surface area contributed by atoms with Crippen molar-refractivity contribution >= 4 is 23.1 Å². The Morgan fingerprint density at radius 3 is 2.72 bits per heavy atom. The fraction of sp³-hybridized carbons (Fsp3) is 0.227. The third kappa shape index (κ3) is 4.20. The number of para-hydroxylation sites is 2. The molecule has 7 heteroatoms. The second-order valence-electron chi connectivity index (χ2n) is 7.07. The Hall–Kier alpha value is -3.45. The Morgan fingerprint density at radius 2 is 1.93 bits per heavy atom. The highest BCUT2D eigenvalue weighted by molar-refractivity contribution is 6.07. The normalized spacial score (nSPS) is 13.9. The molecule has 0 saturated carbocycles. The van der Waals surface area contributed by atoms with Crippen LogP contribution in [0.2, 0.25) is 0 Å². The maximum Gasteiger partial charge on any atom is 0.278 e. The van der Waals surface area contributed by atoms with Crippen LogP contribution in [-0.4, -0.2) is 42.1 Å². The SMILES string of the molecule is Cc1cccc(-c2cnc(N)c(C(=O)Nc3ccccc3N3CCNCC3)n2)c1. The molecule has 7 nitrogen and oxygen atoms in total. The summed E-state index contributed by atoms with van der Waals surface area (Å²) in [6.07, 6.45) is 1.59. The summed E-state index contributed by atoms with van der Waals surface area (Å²) in [5, 5.41) is 6.31. The fourth-order valence-electron chi connectivity index (χ4n) is 3.45.